The van der Waals surface area contributed by atoms with Gasteiger partial charge >= 0.3 is 0 Å². The van der Waals surface area contributed by atoms with Crippen LogP contribution in [0, 0.1) is 6.92 Å². The first-order chi connectivity index (χ1) is 25.7. The van der Waals surface area contributed by atoms with Crippen LogP contribution < -0.4 is 30.4 Å². The van der Waals surface area contributed by atoms with Gasteiger partial charge in [-0.3, -0.25) is 0 Å². The van der Waals surface area contributed by atoms with Crippen molar-refractivity contribution in [3.05, 3.63) is 224 Å². The van der Waals surface area contributed by atoms with Crippen LogP contribution >= 0.6 is 0 Å². The molecule has 3 heteroatoms. The van der Waals surface area contributed by atoms with Gasteiger partial charge < -0.3 is 9.64 Å². The summed E-state index contributed by atoms with van der Waals surface area (Å²) in [6, 6.07) is 78.3. The predicted octanol–water partition coefficient (Wildman–Crippen LogP) is 10.3. The summed E-state index contributed by atoms with van der Waals surface area (Å²) in [4.78, 5) is 2.29. The van der Waals surface area contributed by atoms with Crippen LogP contribution in [0.15, 0.2) is 218 Å². The van der Waals surface area contributed by atoms with E-state index in [0.29, 0.717) is 0 Å². The molecular formula is C49H39NOSi. The van der Waals surface area contributed by atoms with Gasteiger partial charge in [-0.05, 0) is 99.5 Å². The molecule has 8 aromatic rings. The highest BCUT2D eigenvalue weighted by atomic mass is 28.3. The van der Waals surface area contributed by atoms with E-state index in [4.69, 9.17) is 4.74 Å². The fourth-order valence-corrected chi connectivity index (χ4v) is 12.0. The molecule has 0 aromatic heterocycles. The zero-order valence-corrected chi connectivity index (χ0v) is 30.1. The smallest absolute Gasteiger partial charge is 0.179 e. The van der Waals surface area contributed by atoms with Gasteiger partial charge in [0.15, 0.2) is 8.07 Å². The third-order valence-corrected chi connectivity index (χ3v) is 14.6. The standard InChI is InChI=1S/C49H39NOSi/c1-38-22-28-41(29-23-38)50(43-32-34-45(35-33-43)51-44-14-6-2-7-15-44)42-30-24-39(25-31-42)40-26-36-49(37-27-40)52(46-16-8-3-9-17-46,47-18-10-4-11-19-47)48-20-12-5-13-21-48/h2-37H,1H3. The summed E-state index contributed by atoms with van der Waals surface area (Å²) >= 11 is 0. The van der Waals surface area contributed by atoms with E-state index in [-0.39, 0.29) is 0 Å². The topological polar surface area (TPSA) is 12.5 Å². The van der Waals surface area contributed by atoms with E-state index in [2.05, 4.69) is 188 Å². The highest BCUT2D eigenvalue weighted by Gasteiger charge is 2.41. The normalized spacial score (nSPS) is 11.2. The molecule has 0 aliphatic rings. The molecule has 0 heterocycles. The van der Waals surface area contributed by atoms with Crippen LogP contribution in [0.1, 0.15) is 5.56 Å². The summed E-state index contributed by atoms with van der Waals surface area (Å²) in [7, 11) is -2.57. The van der Waals surface area contributed by atoms with E-state index in [1.54, 1.807) is 0 Å². The van der Waals surface area contributed by atoms with Gasteiger partial charge in [-0.2, -0.15) is 0 Å². The van der Waals surface area contributed by atoms with Gasteiger partial charge in [0.2, 0.25) is 0 Å². The van der Waals surface area contributed by atoms with Gasteiger partial charge in [-0.1, -0.05) is 163 Å². The second-order valence-corrected chi connectivity index (χ2v) is 16.9. The summed E-state index contributed by atoms with van der Waals surface area (Å²) in [5.74, 6) is 1.62. The first kappa shape index (κ1) is 32.8. The molecule has 0 fully saturated rings. The van der Waals surface area contributed by atoms with Crippen LogP contribution in [0.3, 0.4) is 0 Å². The molecule has 52 heavy (non-hydrogen) atoms. The Hall–Kier alpha value is -6.42. The molecule has 8 rings (SSSR count). The number of ether oxygens (including phenoxy) is 1. The van der Waals surface area contributed by atoms with Gasteiger partial charge in [0.1, 0.15) is 11.5 Å². The van der Waals surface area contributed by atoms with Crippen molar-refractivity contribution in [1.29, 1.82) is 0 Å². The molecule has 0 spiro atoms. The van der Waals surface area contributed by atoms with Crippen molar-refractivity contribution in [1.82, 2.24) is 0 Å². The molecule has 0 unspecified atom stereocenters. The minimum Gasteiger partial charge on any atom is -0.457 e. The molecule has 0 radical (unpaired) electrons. The second-order valence-electron chi connectivity index (χ2n) is 13.1. The Labute approximate surface area is 307 Å². The Morgan fingerprint density at radius 1 is 0.327 bits per heavy atom. The van der Waals surface area contributed by atoms with E-state index in [1.807, 2.05) is 42.5 Å². The van der Waals surface area contributed by atoms with Crippen LogP contribution in [0.25, 0.3) is 11.1 Å². The third kappa shape index (κ3) is 6.58. The van der Waals surface area contributed by atoms with Crippen molar-refractivity contribution in [3.8, 4) is 22.6 Å². The van der Waals surface area contributed by atoms with Crippen molar-refractivity contribution in [2.45, 2.75) is 6.92 Å². The first-order valence-corrected chi connectivity index (χ1v) is 19.8. The van der Waals surface area contributed by atoms with Crippen molar-refractivity contribution < 1.29 is 4.74 Å². The number of rotatable bonds is 10. The van der Waals surface area contributed by atoms with Gasteiger partial charge in [0, 0.05) is 17.1 Å². The molecule has 2 nitrogen and oxygen atoms in total. The number of hydrogen-bond donors (Lipinski definition) is 0. The average Bonchev–Trinajstić information content (AvgIpc) is 3.22. The van der Waals surface area contributed by atoms with E-state index >= 15 is 0 Å². The molecule has 0 amide bonds. The minimum absolute atomic E-state index is 0.802. The van der Waals surface area contributed by atoms with E-state index in [1.165, 1.54) is 37.4 Å². The lowest BCUT2D eigenvalue weighted by Gasteiger charge is -2.34. The number of anilines is 3. The summed E-state index contributed by atoms with van der Waals surface area (Å²) in [6.07, 6.45) is 0. The second kappa shape index (κ2) is 14.8. The Morgan fingerprint density at radius 3 is 1.10 bits per heavy atom. The Kier molecular flexibility index (Phi) is 9.34. The van der Waals surface area contributed by atoms with Crippen LogP contribution in [-0.2, 0) is 0 Å². The lowest BCUT2D eigenvalue weighted by Crippen LogP contribution is -2.74. The summed E-state index contributed by atoms with van der Waals surface area (Å²) in [6.45, 7) is 2.12. The van der Waals surface area contributed by atoms with Crippen LogP contribution in [-0.4, -0.2) is 8.07 Å². The zero-order valence-electron chi connectivity index (χ0n) is 29.1. The molecule has 250 valence electrons. The Balaban J connectivity index is 1.14. The van der Waals surface area contributed by atoms with Gasteiger partial charge in [0.05, 0.1) is 0 Å². The maximum atomic E-state index is 6.09. The third-order valence-electron chi connectivity index (χ3n) is 9.76. The molecule has 0 saturated carbocycles. The molecule has 0 aliphatic heterocycles. The van der Waals surface area contributed by atoms with E-state index < -0.39 is 8.07 Å². The zero-order chi connectivity index (χ0) is 35.2. The highest BCUT2D eigenvalue weighted by molar-refractivity contribution is 7.19. The van der Waals surface area contributed by atoms with Crippen molar-refractivity contribution in [2.24, 2.45) is 0 Å². The van der Waals surface area contributed by atoms with Gasteiger partial charge in [0.25, 0.3) is 0 Å². The predicted molar refractivity (Wildman–Crippen MR) is 221 cm³/mol. The maximum Gasteiger partial charge on any atom is 0.179 e. The number of para-hydroxylation sites is 1. The SMILES string of the molecule is Cc1ccc(N(c2ccc(Oc3ccccc3)cc2)c2ccc(-c3ccc([Si](c4ccccc4)(c4ccccc4)c4ccccc4)cc3)cc2)cc1. The lowest BCUT2D eigenvalue weighted by atomic mass is 10.0. The summed E-state index contributed by atoms with van der Waals surface area (Å²) in [5.41, 5.74) is 6.85. The van der Waals surface area contributed by atoms with Crippen LogP contribution in [0.5, 0.6) is 11.5 Å². The quantitative estimate of drug-likeness (QED) is 0.105. The number of aryl methyl sites for hydroxylation is 1. The highest BCUT2D eigenvalue weighted by Crippen LogP contribution is 2.37. The maximum absolute atomic E-state index is 6.09. The fourth-order valence-electron chi connectivity index (χ4n) is 7.21. The fraction of sp³-hybridized carbons (Fsp3) is 0.0204. The van der Waals surface area contributed by atoms with Crippen LogP contribution in [0.4, 0.5) is 17.1 Å². The monoisotopic (exact) mass is 685 g/mol. The molecule has 0 atom stereocenters. The Bertz CT molecular complexity index is 2230. The molecular weight excluding hydrogens is 647 g/mol. The summed E-state index contributed by atoms with van der Waals surface area (Å²) in [5, 5.41) is 5.49. The van der Waals surface area contributed by atoms with Gasteiger partial charge in [-0.15, -0.1) is 0 Å². The first-order valence-electron chi connectivity index (χ1n) is 17.8. The largest absolute Gasteiger partial charge is 0.457 e. The van der Waals surface area contributed by atoms with E-state index in [0.717, 1.165) is 28.6 Å². The minimum atomic E-state index is -2.57. The molecule has 0 N–H and O–H groups in total. The Morgan fingerprint density at radius 2 is 0.654 bits per heavy atom. The number of benzene rings is 8. The summed E-state index contributed by atoms with van der Waals surface area (Å²) < 4.78 is 6.09. The average molecular weight is 686 g/mol. The van der Waals surface area contributed by atoms with Crippen molar-refractivity contribution in [3.63, 3.8) is 0 Å². The number of hydrogen-bond acceptors (Lipinski definition) is 2. The van der Waals surface area contributed by atoms with Crippen LogP contribution in [0.2, 0.25) is 0 Å². The molecule has 0 bridgehead atoms. The van der Waals surface area contributed by atoms with Crippen molar-refractivity contribution in [2.75, 3.05) is 4.90 Å². The number of nitrogens with zero attached hydrogens (tertiary/aromatic N) is 1. The molecule has 8 aromatic carbocycles. The lowest BCUT2D eigenvalue weighted by molar-refractivity contribution is 0.483. The van der Waals surface area contributed by atoms with E-state index in [9.17, 15) is 0 Å². The van der Waals surface area contributed by atoms with Crippen molar-refractivity contribution >= 4 is 45.9 Å². The van der Waals surface area contributed by atoms with Gasteiger partial charge in [-0.25, -0.2) is 0 Å². The molecule has 0 aliphatic carbocycles. The molecule has 0 saturated heterocycles.